The number of aromatic nitrogens is 1. The number of carbonyl (C=O) groups is 2. The van der Waals surface area contributed by atoms with Crippen LogP contribution in [0.4, 0.5) is 10.8 Å². The van der Waals surface area contributed by atoms with Crippen LogP contribution in [-0.4, -0.2) is 43.7 Å². The summed E-state index contributed by atoms with van der Waals surface area (Å²) in [7, 11) is 3.16. The number of para-hydroxylation sites is 2. The van der Waals surface area contributed by atoms with Gasteiger partial charge in [0.1, 0.15) is 23.8 Å². The molecule has 1 aromatic heterocycles. The van der Waals surface area contributed by atoms with Crippen molar-refractivity contribution in [2.75, 3.05) is 31.0 Å². The highest BCUT2D eigenvalue weighted by molar-refractivity contribution is 7.14. The van der Waals surface area contributed by atoms with E-state index in [0.29, 0.717) is 33.8 Å². The van der Waals surface area contributed by atoms with Gasteiger partial charge >= 0.3 is 0 Å². The van der Waals surface area contributed by atoms with E-state index in [1.165, 1.54) is 16.2 Å². The van der Waals surface area contributed by atoms with Crippen LogP contribution < -0.4 is 24.4 Å². The largest absolute Gasteiger partial charge is 0.497 e. The lowest BCUT2D eigenvalue weighted by Crippen LogP contribution is -2.47. The number of ether oxygens (including phenoxy) is 3. The Bertz CT molecular complexity index is 1130. The van der Waals surface area contributed by atoms with Gasteiger partial charge in [-0.2, -0.15) is 0 Å². The molecule has 8 nitrogen and oxygen atoms in total. The lowest BCUT2D eigenvalue weighted by molar-refractivity contribution is -0.127. The fraction of sp³-hybridized carbons (Fsp3) is 0.227. The Kier molecular flexibility index (Phi) is 5.77. The quantitative estimate of drug-likeness (QED) is 0.631. The zero-order chi connectivity index (χ0) is 22.0. The van der Waals surface area contributed by atoms with Gasteiger partial charge < -0.3 is 19.5 Å². The first-order valence-electron chi connectivity index (χ1n) is 9.55. The van der Waals surface area contributed by atoms with Gasteiger partial charge in [-0.1, -0.05) is 12.1 Å². The van der Waals surface area contributed by atoms with Crippen LogP contribution in [0.3, 0.4) is 0 Å². The second-order valence-electron chi connectivity index (χ2n) is 6.80. The minimum atomic E-state index is -0.656. The summed E-state index contributed by atoms with van der Waals surface area (Å²) in [5.74, 6) is 1.25. The number of hydrogen-bond acceptors (Lipinski definition) is 7. The summed E-state index contributed by atoms with van der Waals surface area (Å²) in [6, 6.07) is 12.6. The maximum atomic E-state index is 12.7. The van der Waals surface area contributed by atoms with E-state index in [2.05, 4.69) is 10.3 Å². The smallest absolute Gasteiger partial charge is 0.268 e. The van der Waals surface area contributed by atoms with Crippen molar-refractivity contribution in [3.05, 3.63) is 47.8 Å². The molecule has 2 aromatic carbocycles. The summed E-state index contributed by atoms with van der Waals surface area (Å²) < 4.78 is 16.3. The van der Waals surface area contributed by atoms with E-state index in [4.69, 9.17) is 14.2 Å². The first-order valence-corrected chi connectivity index (χ1v) is 10.4. The summed E-state index contributed by atoms with van der Waals surface area (Å²) in [4.78, 5) is 31.2. The van der Waals surface area contributed by atoms with Crippen LogP contribution in [0.2, 0.25) is 0 Å². The Labute approximate surface area is 183 Å². The van der Waals surface area contributed by atoms with Gasteiger partial charge in [-0.3, -0.25) is 14.5 Å². The van der Waals surface area contributed by atoms with E-state index in [1.807, 2.05) is 23.6 Å². The number of rotatable bonds is 6. The molecule has 2 heterocycles. The SMILES string of the molecule is COc1ccc(-c2csc(NC(=O)CN3C(=O)C(C)Oc4ccccc43)n2)c(OC)c1. The van der Waals surface area contributed by atoms with Crippen LogP contribution in [0, 0.1) is 0 Å². The predicted molar refractivity (Wildman–Crippen MR) is 118 cm³/mol. The first kappa shape index (κ1) is 20.7. The lowest BCUT2D eigenvalue weighted by atomic mass is 10.1. The molecular formula is C22H21N3O5S. The standard InChI is InChI=1S/C22H21N3O5S/c1-13-21(27)25(17-6-4-5-7-18(17)30-13)11-20(26)24-22-23-16(12-31-22)15-9-8-14(28-2)10-19(15)29-3/h4-10,12-13H,11H2,1-3H3,(H,23,24,26). The summed E-state index contributed by atoms with van der Waals surface area (Å²) >= 11 is 1.29. The van der Waals surface area contributed by atoms with Crippen molar-refractivity contribution in [1.82, 2.24) is 4.98 Å². The molecule has 0 fully saturated rings. The molecule has 3 aromatic rings. The zero-order valence-electron chi connectivity index (χ0n) is 17.2. The van der Waals surface area contributed by atoms with Crippen LogP contribution in [0.15, 0.2) is 47.8 Å². The second-order valence-corrected chi connectivity index (χ2v) is 7.66. The van der Waals surface area contributed by atoms with E-state index in [9.17, 15) is 9.59 Å². The van der Waals surface area contributed by atoms with Gasteiger partial charge in [-0.15, -0.1) is 11.3 Å². The Hall–Kier alpha value is -3.59. The average molecular weight is 439 g/mol. The van der Waals surface area contributed by atoms with Crippen LogP contribution in [0.25, 0.3) is 11.3 Å². The van der Waals surface area contributed by atoms with Gasteiger partial charge in [0.25, 0.3) is 5.91 Å². The summed E-state index contributed by atoms with van der Waals surface area (Å²) in [5, 5.41) is 5.03. The van der Waals surface area contributed by atoms with Crippen LogP contribution in [0.1, 0.15) is 6.92 Å². The maximum Gasteiger partial charge on any atom is 0.268 e. The van der Waals surface area contributed by atoms with Gasteiger partial charge in [0, 0.05) is 17.0 Å². The molecule has 9 heteroatoms. The van der Waals surface area contributed by atoms with E-state index >= 15 is 0 Å². The molecule has 0 saturated carbocycles. The highest BCUT2D eigenvalue weighted by Gasteiger charge is 2.32. The van der Waals surface area contributed by atoms with Crippen molar-refractivity contribution in [2.45, 2.75) is 13.0 Å². The number of thiazole rings is 1. The van der Waals surface area contributed by atoms with Crippen molar-refractivity contribution in [3.8, 4) is 28.5 Å². The molecule has 0 bridgehead atoms. The van der Waals surface area contributed by atoms with Gasteiger partial charge in [-0.25, -0.2) is 4.98 Å². The van der Waals surface area contributed by atoms with Crippen molar-refractivity contribution in [3.63, 3.8) is 0 Å². The van der Waals surface area contributed by atoms with Crippen LogP contribution >= 0.6 is 11.3 Å². The molecule has 0 aliphatic carbocycles. The number of fused-ring (bicyclic) bond motifs is 1. The molecule has 0 spiro atoms. The molecule has 160 valence electrons. The highest BCUT2D eigenvalue weighted by Crippen LogP contribution is 2.35. The summed E-state index contributed by atoms with van der Waals surface area (Å²) in [5.41, 5.74) is 2.02. The molecule has 2 amide bonds. The summed E-state index contributed by atoms with van der Waals surface area (Å²) in [6.07, 6.45) is -0.656. The maximum absolute atomic E-state index is 12.7. The second kappa shape index (κ2) is 8.65. The van der Waals surface area contributed by atoms with E-state index in [1.54, 1.807) is 45.4 Å². The molecule has 0 saturated heterocycles. The fourth-order valence-electron chi connectivity index (χ4n) is 3.29. The van der Waals surface area contributed by atoms with E-state index in [0.717, 1.165) is 5.56 Å². The molecular weight excluding hydrogens is 418 g/mol. The van der Waals surface area contributed by atoms with Gasteiger partial charge in [-0.05, 0) is 31.2 Å². The third kappa shape index (κ3) is 4.17. The zero-order valence-corrected chi connectivity index (χ0v) is 18.1. The monoisotopic (exact) mass is 439 g/mol. The third-order valence-corrected chi connectivity index (χ3v) is 5.57. The Morgan fingerprint density at radius 3 is 2.81 bits per heavy atom. The van der Waals surface area contributed by atoms with Crippen LogP contribution in [-0.2, 0) is 9.59 Å². The highest BCUT2D eigenvalue weighted by atomic mass is 32.1. The molecule has 1 aliphatic rings. The van der Waals surface area contributed by atoms with Gasteiger partial charge in [0.15, 0.2) is 11.2 Å². The first-order chi connectivity index (χ1) is 15.0. The average Bonchev–Trinajstić information content (AvgIpc) is 3.24. The number of nitrogens with zero attached hydrogens (tertiary/aromatic N) is 2. The molecule has 4 rings (SSSR count). The van der Waals surface area contributed by atoms with Crippen molar-refractivity contribution in [1.29, 1.82) is 0 Å². The summed E-state index contributed by atoms with van der Waals surface area (Å²) in [6.45, 7) is 1.53. The van der Waals surface area contributed by atoms with Crippen LogP contribution in [0.5, 0.6) is 17.2 Å². The Morgan fingerprint density at radius 1 is 1.23 bits per heavy atom. The normalized spacial score (nSPS) is 15.1. The number of hydrogen-bond donors (Lipinski definition) is 1. The Morgan fingerprint density at radius 2 is 2.03 bits per heavy atom. The molecule has 1 unspecified atom stereocenters. The van der Waals surface area contributed by atoms with E-state index < -0.39 is 6.10 Å². The Balaban J connectivity index is 1.50. The van der Waals surface area contributed by atoms with Crippen molar-refractivity contribution in [2.24, 2.45) is 0 Å². The van der Waals surface area contributed by atoms with Crippen molar-refractivity contribution < 1.29 is 23.8 Å². The van der Waals surface area contributed by atoms with Gasteiger partial charge in [0.2, 0.25) is 5.91 Å². The number of anilines is 2. The minimum absolute atomic E-state index is 0.135. The molecule has 0 radical (unpaired) electrons. The third-order valence-electron chi connectivity index (χ3n) is 4.81. The van der Waals surface area contributed by atoms with E-state index in [-0.39, 0.29) is 18.4 Å². The molecule has 1 atom stereocenters. The number of amides is 2. The molecule has 1 N–H and O–H groups in total. The number of carbonyl (C=O) groups excluding carboxylic acids is 2. The number of benzene rings is 2. The van der Waals surface area contributed by atoms with Crippen molar-refractivity contribution >= 4 is 34.0 Å². The lowest BCUT2D eigenvalue weighted by Gasteiger charge is -2.32. The predicted octanol–water partition coefficient (Wildman–Crippen LogP) is 3.58. The topological polar surface area (TPSA) is 90.0 Å². The number of methoxy groups -OCH3 is 2. The number of nitrogens with one attached hydrogen (secondary N) is 1. The minimum Gasteiger partial charge on any atom is -0.497 e. The fourth-order valence-corrected chi connectivity index (χ4v) is 4.02. The molecule has 31 heavy (non-hydrogen) atoms. The molecule has 1 aliphatic heterocycles. The van der Waals surface area contributed by atoms with Gasteiger partial charge in [0.05, 0.1) is 25.6 Å².